The summed E-state index contributed by atoms with van der Waals surface area (Å²) >= 11 is 0. The molecule has 0 unspecified atom stereocenters. The zero-order valence-corrected chi connectivity index (χ0v) is 17.9. The van der Waals surface area contributed by atoms with Crippen LogP contribution in [0.1, 0.15) is 31.2 Å². The summed E-state index contributed by atoms with van der Waals surface area (Å²) in [6.45, 7) is 8.50. The minimum absolute atomic E-state index is 0.0823. The SMILES string of the molecule is C=C(Nc1ccc(C)c(-c2ccc3cc(NC(=O)C4CC4)ncc3c2)c1)N1CCCC1. The van der Waals surface area contributed by atoms with Crippen LogP contribution in [0, 0.1) is 12.8 Å². The normalized spacial score (nSPS) is 15.8. The quantitative estimate of drug-likeness (QED) is 0.558. The summed E-state index contributed by atoms with van der Waals surface area (Å²) in [5, 5.41) is 8.53. The number of hydrogen-bond donors (Lipinski definition) is 2. The first kappa shape index (κ1) is 19.6. The van der Waals surface area contributed by atoms with E-state index in [1.807, 2.05) is 12.3 Å². The van der Waals surface area contributed by atoms with Gasteiger partial charge < -0.3 is 15.5 Å². The van der Waals surface area contributed by atoms with Crippen molar-refractivity contribution in [3.8, 4) is 11.1 Å². The molecule has 0 radical (unpaired) electrons. The molecule has 1 aliphatic carbocycles. The molecule has 0 spiro atoms. The number of carbonyl (C=O) groups is 1. The van der Waals surface area contributed by atoms with Crippen LogP contribution in [0.25, 0.3) is 21.9 Å². The summed E-state index contributed by atoms with van der Waals surface area (Å²) in [4.78, 5) is 18.8. The van der Waals surface area contributed by atoms with Gasteiger partial charge in [0.2, 0.25) is 5.91 Å². The van der Waals surface area contributed by atoms with Crippen molar-refractivity contribution in [2.75, 3.05) is 23.7 Å². The Balaban J connectivity index is 1.38. The van der Waals surface area contributed by atoms with Crippen LogP contribution < -0.4 is 10.6 Å². The lowest BCUT2D eigenvalue weighted by molar-refractivity contribution is -0.117. The number of anilines is 2. The molecule has 2 N–H and O–H groups in total. The molecule has 0 atom stereocenters. The highest BCUT2D eigenvalue weighted by Crippen LogP contribution is 2.32. The molecule has 1 saturated carbocycles. The van der Waals surface area contributed by atoms with Crippen molar-refractivity contribution in [2.45, 2.75) is 32.6 Å². The second-order valence-electron chi connectivity index (χ2n) is 8.69. The molecule has 2 aromatic carbocycles. The fourth-order valence-corrected chi connectivity index (χ4v) is 4.19. The van der Waals surface area contributed by atoms with Crippen molar-refractivity contribution < 1.29 is 4.79 Å². The molecular formula is C26H28N4O. The number of pyridine rings is 1. The van der Waals surface area contributed by atoms with Gasteiger partial charge in [-0.15, -0.1) is 0 Å². The maximum atomic E-state index is 12.0. The number of likely N-dealkylation sites (tertiary alicyclic amines) is 1. The number of fused-ring (bicyclic) bond motifs is 1. The lowest BCUT2D eigenvalue weighted by Gasteiger charge is -2.22. The van der Waals surface area contributed by atoms with Gasteiger partial charge in [-0.3, -0.25) is 4.79 Å². The van der Waals surface area contributed by atoms with Crippen LogP contribution in [0.4, 0.5) is 11.5 Å². The van der Waals surface area contributed by atoms with Gasteiger partial charge in [-0.05, 0) is 78.9 Å². The molecule has 5 nitrogen and oxygen atoms in total. The van der Waals surface area contributed by atoms with Gasteiger partial charge in [-0.25, -0.2) is 4.98 Å². The van der Waals surface area contributed by atoms with E-state index in [0.717, 1.165) is 53.8 Å². The molecule has 0 bridgehead atoms. The Morgan fingerprint density at radius 2 is 1.84 bits per heavy atom. The van der Waals surface area contributed by atoms with Gasteiger partial charge in [-0.2, -0.15) is 0 Å². The molecular weight excluding hydrogens is 384 g/mol. The average Bonchev–Trinajstić information content (AvgIpc) is 3.48. The summed E-state index contributed by atoms with van der Waals surface area (Å²) in [7, 11) is 0. The average molecular weight is 413 g/mol. The standard InChI is InChI=1S/C26H28N4O/c1-17-5-10-23(28-18(2)30-11-3-4-12-30)15-24(17)21-9-8-20-14-25(27-16-22(20)13-21)29-26(31)19-6-7-19/h5,8-10,13-16,19,28H,2-4,6-7,11-12H2,1H3,(H,27,29,31). The molecule has 2 aliphatic rings. The number of nitrogens with zero attached hydrogens (tertiary/aromatic N) is 2. The molecule has 5 rings (SSSR count). The maximum Gasteiger partial charge on any atom is 0.228 e. The lowest BCUT2D eigenvalue weighted by atomic mass is 9.97. The zero-order chi connectivity index (χ0) is 21.4. The summed E-state index contributed by atoms with van der Waals surface area (Å²) in [6.07, 6.45) is 6.28. The number of hydrogen-bond acceptors (Lipinski definition) is 4. The molecule has 1 aromatic heterocycles. The van der Waals surface area contributed by atoms with Gasteiger partial charge in [0, 0.05) is 36.3 Å². The second kappa shape index (κ2) is 8.06. The fourth-order valence-electron chi connectivity index (χ4n) is 4.19. The summed E-state index contributed by atoms with van der Waals surface area (Å²) in [5.41, 5.74) is 4.61. The van der Waals surface area contributed by atoms with Crippen LogP contribution in [0.2, 0.25) is 0 Å². The Morgan fingerprint density at radius 3 is 2.61 bits per heavy atom. The first-order valence-corrected chi connectivity index (χ1v) is 11.1. The molecule has 31 heavy (non-hydrogen) atoms. The number of carbonyl (C=O) groups excluding carboxylic acids is 1. The Hall–Kier alpha value is -3.34. The number of amides is 1. The van der Waals surface area contributed by atoms with Gasteiger partial charge in [0.1, 0.15) is 5.82 Å². The maximum absolute atomic E-state index is 12.0. The fraction of sp³-hybridized carbons (Fsp3) is 0.308. The van der Waals surface area contributed by atoms with Crippen LogP contribution in [0.15, 0.2) is 61.1 Å². The molecule has 1 amide bonds. The van der Waals surface area contributed by atoms with Crippen LogP contribution in [-0.2, 0) is 4.79 Å². The smallest absolute Gasteiger partial charge is 0.228 e. The monoisotopic (exact) mass is 412 g/mol. The molecule has 2 fully saturated rings. The predicted molar refractivity (Wildman–Crippen MR) is 127 cm³/mol. The highest BCUT2D eigenvalue weighted by molar-refractivity contribution is 5.96. The van der Waals surface area contributed by atoms with E-state index in [9.17, 15) is 4.79 Å². The number of aromatic nitrogens is 1. The first-order valence-electron chi connectivity index (χ1n) is 11.1. The van der Waals surface area contributed by atoms with Crippen molar-refractivity contribution >= 4 is 28.2 Å². The third kappa shape index (κ3) is 4.26. The van der Waals surface area contributed by atoms with Crippen LogP contribution in [-0.4, -0.2) is 28.9 Å². The highest BCUT2D eigenvalue weighted by Gasteiger charge is 2.29. The second-order valence-corrected chi connectivity index (χ2v) is 8.69. The van der Waals surface area contributed by atoms with E-state index in [1.54, 1.807) is 0 Å². The van der Waals surface area contributed by atoms with Gasteiger partial charge >= 0.3 is 0 Å². The van der Waals surface area contributed by atoms with E-state index < -0.39 is 0 Å². The third-order valence-corrected chi connectivity index (χ3v) is 6.25. The van der Waals surface area contributed by atoms with Crippen molar-refractivity contribution in [1.29, 1.82) is 0 Å². The third-order valence-electron chi connectivity index (χ3n) is 6.25. The Kier molecular flexibility index (Phi) is 5.10. The van der Waals surface area contributed by atoms with Crippen molar-refractivity contribution in [2.24, 2.45) is 5.92 Å². The number of nitrogens with one attached hydrogen (secondary N) is 2. The van der Waals surface area contributed by atoms with Crippen molar-refractivity contribution in [1.82, 2.24) is 9.88 Å². The van der Waals surface area contributed by atoms with Crippen molar-refractivity contribution in [3.63, 3.8) is 0 Å². The lowest BCUT2D eigenvalue weighted by Crippen LogP contribution is -2.22. The molecule has 3 aromatic rings. The molecule has 158 valence electrons. The Morgan fingerprint density at radius 1 is 1.03 bits per heavy atom. The summed E-state index contributed by atoms with van der Waals surface area (Å²) < 4.78 is 0. The largest absolute Gasteiger partial charge is 0.359 e. The molecule has 1 aliphatic heterocycles. The van der Waals surface area contributed by atoms with Gasteiger partial charge in [-0.1, -0.05) is 24.8 Å². The van der Waals surface area contributed by atoms with E-state index in [-0.39, 0.29) is 11.8 Å². The predicted octanol–water partition coefficient (Wildman–Crippen LogP) is 5.54. The van der Waals surface area contributed by atoms with E-state index in [2.05, 4.69) is 70.4 Å². The summed E-state index contributed by atoms with van der Waals surface area (Å²) in [5.74, 6) is 1.85. The van der Waals surface area contributed by atoms with Gasteiger partial charge in [0.25, 0.3) is 0 Å². The van der Waals surface area contributed by atoms with E-state index in [1.165, 1.54) is 24.0 Å². The first-order chi connectivity index (χ1) is 15.1. The van der Waals surface area contributed by atoms with Gasteiger partial charge in [0.05, 0.1) is 5.82 Å². The van der Waals surface area contributed by atoms with Gasteiger partial charge in [0.15, 0.2) is 0 Å². The topological polar surface area (TPSA) is 57.3 Å². The number of benzene rings is 2. The molecule has 5 heteroatoms. The number of rotatable bonds is 6. The van der Waals surface area contributed by atoms with Crippen LogP contribution in [0.5, 0.6) is 0 Å². The molecule has 2 heterocycles. The Bertz CT molecular complexity index is 1160. The zero-order valence-electron chi connectivity index (χ0n) is 17.9. The van der Waals surface area contributed by atoms with E-state index in [0.29, 0.717) is 5.82 Å². The molecule has 1 saturated heterocycles. The minimum atomic E-state index is 0.0823. The van der Waals surface area contributed by atoms with E-state index in [4.69, 9.17) is 0 Å². The Labute approximate surface area is 183 Å². The number of aryl methyl sites for hydroxylation is 1. The van der Waals surface area contributed by atoms with Crippen molar-refractivity contribution in [3.05, 3.63) is 66.6 Å². The minimum Gasteiger partial charge on any atom is -0.359 e. The van der Waals surface area contributed by atoms with Crippen LogP contribution >= 0.6 is 0 Å². The highest BCUT2D eigenvalue weighted by atomic mass is 16.2. The summed E-state index contributed by atoms with van der Waals surface area (Å²) in [6, 6.07) is 14.8. The van der Waals surface area contributed by atoms with Crippen LogP contribution in [0.3, 0.4) is 0 Å². The van der Waals surface area contributed by atoms with E-state index >= 15 is 0 Å².